The van der Waals surface area contributed by atoms with E-state index < -0.39 is 5.97 Å². The maximum absolute atomic E-state index is 12.2. The summed E-state index contributed by atoms with van der Waals surface area (Å²) in [5.41, 5.74) is 1.87. The van der Waals surface area contributed by atoms with Crippen LogP contribution in [0.5, 0.6) is 5.75 Å². The molecule has 3 rings (SSSR count). The molecule has 0 N–H and O–H groups in total. The number of nitriles is 1. The molecule has 0 saturated carbocycles. The van der Waals surface area contributed by atoms with Crippen molar-refractivity contribution in [1.29, 1.82) is 5.26 Å². The lowest BCUT2D eigenvalue weighted by molar-refractivity contribution is -0.139. The number of rotatable bonds is 5. The molecule has 0 saturated heterocycles. The second kappa shape index (κ2) is 8.18. The fraction of sp³-hybridized carbons (Fsp3) is 0.143. The normalized spacial score (nSPS) is 11.1. The van der Waals surface area contributed by atoms with E-state index >= 15 is 0 Å². The van der Waals surface area contributed by atoms with E-state index in [0.717, 1.165) is 5.56 Å². The van der Waals surface area contributed by atoms with Gasteiger partial charge >= 0.3 is 5.97 Å². The highest BCUT2D eigenvalue weighted by molar-refractivity contribution is 5.97. The molecule has 140 valence electrons. The smallest absolute Gasteiger partial charge is 0.349 e. The van der Waals surface area contributed by atoms with Crippen molar-refractivity contribution >= 4 is 17.7 Å². The predicted octanol–water partition coefficient (Wildman–Crippen LogP) is 2.66. The molecular weight excluding hydrogens is 358 g/mol. The van der Waals surface area contributed by atoms with E-state index in [0.29, 0.717) is 22.7 Å². The van der Waals surface area contributed by atoms with Crippen molar-refractivity contribution < 1.29 is 14.3 Å². The topological polar surface area (TPSA) is 93.7 Å². The molecule has 0 aliphatic carbocycles. The van der Waals surface area contributed by atoms with Gasteiger partial charge in [0.2, 0.25) is 0 Å². The van der Waals surface area contributed by atoms with Crippen LogP contribution in [0, 0.1) is 18.3 Å². The molecule has 2 heterocycles. The van der Waals surface area contributed by atoms with Crippen LogP contribution in [0.25, 0.3) is 11.7 Å². The number of fused-ring (bicyclic) bond motifs is 1. The number of carbonyl (C=O) groups is 1. The zero-order chi connectivity index (χ0) is 20.1. The van der Waals surface area contributed by atoms with E-state index in [1.165, 1.54) is 16.5 Å². The minimum absolute atomic E-state index is 0.154. The summed E-state index contributed by atoms with van der Waals surface area (Å²) in [5, 5.41) is 9.26. The quantitative estimate of drug-likeness (QED) is 0.387. The lowest BCUT2D eigenvalue weighted by atomic mass is 10.1. The van der Waals surface area contributed by atoms with Crippen molar-refractivity contribution in [2.75, 3.05) is 7.11 Å². The highest BCUT2D eigenvalue weighted by Crippen LogP contribution is 2.15. The maximum Gasteiger partial charge on any atom is 0.349 e. The van der Waals surface area contributed by atoms with E-state index in [4.69, 9.17) is 9.47 Å². The zero-order valence-corrected chi connectivity index (χ0v) is 15.4. The lowest BCUT2D eigenvalue weighted by Crippen LogP contribution is -2.17. The number of aromatic nitrogens is 2. The summed E-state index contributed by atoms with van der Waals surface area (Å²) in [7, 11) is 1.55. The fourth-order valence-corrected chi connectivity index (χ4v) is 2.60. The molecule has 0 atom stereocenters. The van der Waals surface area contributed by atoms with Crippen LogP contribution in [0.15, 0.2) is 59.0 Å². The summed E-state index contributed by atoms with van der Waals surface area (Å²) in [6.07, 6.45) is 3.05. The van der Waals surface area contributed by atoms with Gasteiger partial charge in [0.1, 0.15) is 29.6 Å². The molecule has 0 fully saturated rings. The lowest BCUT2D eigenvalue weighted by Gasteiger charge is -2.07. The summed E-state index contributed by atoms with van der Waals surface area (Å²) >= 11 is 0. The van der Waals surface area contributed by atoms with Crippen LogP contribution in [0.2, 0.25) is 0 Å². The SMILES string of the molecule is COc1ccc(/C=C(\C#N)C(=O)OCc2cc(=O)n3cccc(C)c3n2)cc1. The molecule has 2 aromatic heterocycles. The Balaban J connectivity index is 1.77. The number of aryl methyl sites for hydroxylation is 1. The Bertz CT molecular complexity index is 1150. The van der Waals surface area contributed by atoms with Crippen LogP contribution < -0.4 is 10.3 Å². The molecule has 0 radical (unpaired) electrons. The van der Waals surface area contributed by atoms with Crippen LogP contribution in [0.4, 0.5) is 0 Å². The van der Waals surface area contributed by atoms with E-state index in [9.17, 15) is 14.9 Å². The number of methoxy groups -OCH3 is 1. The van der Waals surface area contributed by atoms with Crippen LogP contribution in [0.1, 0.15) is 16.8 Å². The summed E-state index contributed by atoms with van der Waals surface area (Å²) in [6, 6.07) is 13.6. The number of esters is 1. The minimum Gasteiger partial charge on any atom is -0.497 e. The first kappa shape index (κ1) is 18.9. The summed E-state index contributed by atoms with van der Waals surface area (Å²) in [6.45, 7) is 1.63. The zero-order valence-electron chi connectivity index (χ0n) is 15.4. The van der Waals surface area contributed by atoms with Crippen molar-refractivity contribution in [2.45, 2.75) is 13.5 Å². The molecule has 0 amide bonds. The first-order valence-electron chi connectivity index (χ1n) is 8.42. The van der Waals surface area contributed by atoms with Crippen molar-refractivity contribution in [3.8, 4) is 11.8 Å². The summed E-state index contributed by atoms with van der Waals surface area (Å²) in [4.78, 5) is 28.8. The standard InChI is InChI=1S/C21H17N3O4/c1-14-4-3-9-24-19(25)11-17(23-20(14)24)13-28-21(26)16(12-22)10-15-5-7-18(27-2)8-6-15/h3-11H,13H2,1-2H3/b16-10+. The van der Waals surface area contributed by atoms with Crippen LogP contribution >= 0.6 is 0 Å². The Morgan fingerprint density at radius 1 is 1.29 bits per heavy atom. The van der Waals surface area contributed by atoms with Gasteiger partial charge in [-0.2, -0.15) is 5.26 Å². The Morgan fingerprint density at radius 3 is 2.71 bits per heavy atom. The molecule has 7 heteroatoms. The van der Waals surface area contributed by atoms with Crippen molar-refractivity contribution in [3.63, 3.8) is 0 Å². The highest BCUT2D eigenvalue weighted by atomic mass is 16.5. The first-order chi connectivity index (χ1) is 13.5. The van der Waals surface area contributed by atoms with Gasteiger partial charge in [-0.1, -0.05) is 18.2 Å². The van der Waals surface area contributed by atoms with E-state index in [2.05, 4.69) is 4.98 Å². The number of pyridine rings is 1. The van der Waals surface area contributed by atoms with Crippen molar-refractivity contribution in [3.05, 3.63) is 81.4 Å². The van der Waals surface area contributed by atoms with Gasteiger partial charge in [0, 0.05) is 12.3 Å². The molecule has 0 aliphatic heterocycles. The number of nitrogens with zero attached hydrogens (tertiary/aromatic N) is 3. The van der Waals surface area contributed by atoms with E-state index in [-0.39, 0.29) is 17.7 Å². The van der Waals surface area contributed by atoms with Crippen molar-refractivity contribution in [2.24, 2.45) is 0 Å². The van der Waals surface area contributed by atoms with Gasteiger partial charge in [-0.15, -0.1) is 0 Å². The third-order valence-corrected chi connectivity index (χ3v) is 4.06. The molecule has 1 aromatic carbocycles. The monoisotopic (exact) mass is 375 g/mol. The van der Waals surface area contributed by atoms with E-state index in [1.807, 2.05) is 19.1 Å². The second-order valence-corrected chi connectivity index (χ2v) is 5.99. The average molecular weight is 375 g/mol. The third-order valence-electron chi connectivity index (χ3n) is 4.06. The van der Waals surface area contributed by atoms with Crippen LogP contribution in [0.3, 0.4) is 0 Å². The molecule has 7 nitrogen and oxygen atoms in total. The van der Waals surface area contributed by atoms with E-state index in [1.54, 1.807) is 43.6 Å². The number of hydrogen-bond donors (Lipinski definition) is 0. The van der Waals surface area contributed by atoms with Gasteiger partial charge in [0.15, 0.2) is 0 Å². The van der Waals surface area contributed by atoms with Gasteiger partial charge in [-0.05, 0) is 42.3 Å². The molecule has 28 heavy (non-hydrogen) atoms. The summed E-state index contributed by atoms with van der Waals surface area (Å²) in [5.74, 6) is -0.118. The molecular formula is C21H17N3O4. The molecule has 3 aromatic rings. The fourth-order valence-electron chi connectivity index (χ4n) is 2.60. The van der Waals surface area contributed by atoms with Crippen LogP contribution in [-0.4, -0.2) is 22.5 Å². The Hall–Kier alpha value is -3.92. The molecule has 0 unspecified atom stereocenters. The van der Waals surface area contributed by atoms with Crippen LogP contribution in [-0.2, 0) is 16.1 Å². The third kappa shape index (κ3) is 4.07. The largest absolute Gasteiger partial charge is 0.497 e. The van der Waals surface area contributed by atoms with Gasteiger partial charge in [-0.3, -0.25) is 9.20 Å². The first-order valence-corrected chi connectivity index (χ1v) is 8.42. The minimum atomic E-state index is -0.787. The second-order valence-electron chi connectivity index (χ2n) is 5.99. The Kier molecular flexibility index (Phi) is 5.51. The number of ether oxygens (including phenoxy) is 2. The number of hydrogen-bond acceptors (Lipinski definition) is 6. The molecule has 0 spiro atoms. The Labute approximate surface area is 161 Å². The number of carbonyl (C=O) groups excluding carboxylic acids is 1. The van der Waals surface area contributed by atoms with Crippen molar-refractivity contribution in [1.82, 2.24) is 9.38 Å². The Morgan fingerprint density at radius 2 is 2.04 bits per heavy atom. The predicted molar refractivity (Wildman–Crippen MR) is 103 cm³/mol. The summed E-state index contributed by atoms with van der Waals surface area (Å²) < 4.78 is 11.7. The maximum atomic E-state index is 12.2. The molecule has 0 bridgehead atoms. The van der Waals surface area contributed by atoms with Gasteiger partial charge < -0.3 is 9.47 Å². The average Bonchev–Trinajstić information content (AvgIpc) is 2.71. The highest BCUT2D eigenvalue weighted by Gasteiger charge is 2.13. The van der Waals surface area contributed by atoms with Gasteiger partial charge in [0.05, 0.1) is 12.8 Å². The molecule has 0 aliphatic rings. The number of benzene rings is 1. The van der Waals surface area contributed by atoms with Gasteiger partial charge in [0.25, 0.3) is 5.56 Å². The van der Waals surface area contributed by atoms with Gasteiger partial charge in [-0.25, -0.2) is 9.78 Å².